The zero-order valence-electron chi connectivity index (χ0n) is 17.6. The summed E-state index contributed by atoms with van der Waals surface area (Å²) < 4.78 is 5.86. The summed E-state index contributed by atoms with van der Waals surface area (Å²) in [5.74, 6) is -0.196. The highest BCUT2D eigenvalue weighted by atomic mass is 16.5. The number of carbonyl (C=O) groups excluding carboxylic acids is 1. The van der Waals surface area contributed by atoms with Gasteiger partial charge in [-0.25, -0.2) is 4.79 Å². The molecule has 4 heteroatoms. The van der Waals surface area contributed by atoms with Crippen molar-refractivity contribution in [1.82, 2.24) is 9.80 Å². The molecule has 4 saturated heterocycles. The Labute approximate surface area is 174 Å². The Bertz CT molecular complexity index is 776. The molecular weight excluding hydrogens is 360 g/mol. The molecule has 5 atom stereocenters. The first-order chi connectivity index (χ1) is 14.2. The standard InChI is InChI=1S/C25H34N2O2/c1-18-6-2-3-7-19(18)9-10-25(28)29-24-11-13-27-21-14-20-8-4-5-12-26(20)22(15-21)16-23(27)17-24/h2-3,6-7,9-10,20-24H,4-5,8,11-17H2,1H3/b10-9+/t20-,21+,22+,23-,24?/m1/s1. The van der Waals surface area contributed by atoms with Gasteiger partial charge in [0.25, 0.3) is 0 Å². The van der Waals surface area contributed by atoms with Crippen LogP contribution in [0.1, 0.15) is 62.5 Å². The predicted molar refractivity (Wildman–Crippen MR) is 116 cm³/mol. The summed E-state index contributed by atoms with van der Waals surface area (Å²) in [7, 11) is 0. The Morgan fingerprint density at radius 2 is 1.66 bits per heavy atom. The Balaban J connectivity index is 1.19. The number of esters is 1. The fraction of sp³-hybridized carbons (Fsp3) is 0.640. The molecule has 2 bridgehead atoms. The van der Waals surface area contributed by atoms with Crippen molar-refractivity contribution in [3.8, 4) is 0 Å². The molecule has 5 rings (SSSR count). The Morgan fingerprint density at radius 3 is 2.48 bits per heavy atom. The molecule has 0 spiro atoms. The number of hydrogen-bond donors (Lipinski definition) is 0. The number of ether oxygens (including phenoxy) is 1. The van der Waals surface area contributed by atoms with Crippen LogP contribution in [0, 0.1) is 6.92 Å². The SMILES string of the molecule is Cc1ccccc1/C=C/C(=O)OC1CCN2[C@@H]3C[C@@H](C[C@@H]2C1)N1CCCC[C@@H]1C3. The predicted octanol–water partition coefficient (Wildman–Crippen LogP) is 4.17. The Kier molecular flexibility index (Phi) is 5.49. The highest BCUT2D eigenvalue weighted by Gasteiger charge is 2.47. The molecule has 1 aromatic carbocycles. The van der Waals surface area contributed by atoms with Crippen molar-refractivity contribution in [3.63, 3.8) is 0 Å². The molecule has 4 nitrogen and oxygen atoms in total. The maximum absolute atomic E-state index is 12.4. The molecule has 0 N–H and O–H groups in total. The number of carbonyl (C=O) groups is 1. The van der Waals surface area contributed by atoms with E-state index in [2.05, 4.69) is 22.8 Å². The average Bonchev–Trinajstić information content (AvgIpc) is 2.73. The van der Waals surface area contributed by atoms with E-state index in [1.54, 1.807) is 6.08 Å². The van der Waals surface area contributed by atoms with Crippen molar-refractivity contribution >= 4 is 12.0 Å². The second kappa shape index (κ2) is 8.23. The van der Waals surface area contributed by atoms with Gasteiger partial charge in [0.15, 0.2) is 0 Å². The maximum Gasteiger partial charge on any atom is 0.331 e. The van der Waals surface area contributed by atoms with Gasteiger partial charge < -0.3 is 4.74 Å². The van der Waals surface area contributed by atoms with E-state index in [0.717, 1.165) is 43.1 Å². The number of piperidine rings is 4. The minimum absolute atomic E-state index is 0.0706. The highest BCUT2D eigenvalue weighted by Crippen LogP contribution is 2.42. The number of hydrogen-bond acceptors (Lipinski definition) is 4. The van der Waals surface area contributed by atoms with Gasteiger partial charge in [0.2, 0.25) is 0 Å². The lowest BCUT2D eigenvalue weighted by Gasteiger charge is -2.58. The number of benzene rings is 1. The van der Waals surface area contributed by atoms with E-state index in [4.69, 9.17) is 4.74 Å². The normalized spacial score (nSPS) is 35.1. The number of nitrogens with zero attached hydrogens (tertiary/aromatic N) is 2. The molecule has 0 amide bonds. The number of rotatable bonds is 3. The van der Waals surface area contributed by atoms with E-state index in [1.165, 1.54) is 50.6 Å². The Morgan fingerprint density at radius 1 is 0.931 bits per heavy atom. The smallest absolute Gasteiger partial charge is 0.331 e. The van der Waals surface area contributed by atoms with Crippen molar-refractivity contribution in [2.45, 2.75) is 88.6 Å². The van der Waals surface area contributed by atoms with Crippen LogP contribution in [-0.2, 0) is 9.53 Å². The molecule has 0 aromatic heterocycles. The zero-order chi connectivity index (χ0) is 19.8. The van der Waals surface area contributed by atoms with Crippen LogP contribution in [-0.4, -0.2) is 59.1 Å². The molecule has 4 aliphatic heterocycles. The summed E-state index contributed by atoms with van der Waals surface area (Å²) in [4.78, 5) is 18.0. The van der Waals surface area contributed by atoms with Gasteiger partial charge >= 0.3 is 5.97 Å². The quantitative estimate of drug-likeness (QED) is 0.569. The third kappa shape index (κ3) is 4.02. The van der Waals surface area contributed by atoms with E-state index in [9.17, 15) is 4.79 Å². The first kappa shape index (κ1) is 19.3. The van der Waals surface area contributed by atoms with Crippen LogP contribution >= 0.6 is 0 Å². The van der Waals surface area contributed by atoms with E-state index in [0.29, 0.717) is 6.04 Å². The maximum atomic E-state index is 12.4. The lowest BCUT2D eigenvalue weighted by molar-refractivity contribution is -0.149. The second-order valence-corrected chi connectivity index (χ2v) is 9.57. The molecule has 156 valence electrons. The molecular formula is C25H34N2O2. The lowest BCUT2D eigenvalue weighted by atomic mass is 9.76. The van der Waals surface area contributed by atoms with Gasteiger partial charge in [0.05, 0.1) is 0 Å². The molecule has 4 aliphatic rings. The number of fused-ring (bicyclic) bond motifs is 6. The minimum Gasteiger partial charge on any atom is -0.459 e. The van der Waals surface area contributed by atoms with Gasteiger partial charge in [-0.3, -0.25) is 9.80 Å². The Hall–Kier alpha value is -1.65. The van der Waals surface area contributed by atoms with Crippen LogP contribution in [0.3, 0.4) is 0 Å². The molecule has 4 heterocycles. The fourth-order valence-electron chi connectivity index (χ4n) is 6.42. The van der Waals surface area contributed by atoms with Gasteiger partial charge in [0.1, 0.15) is 6.10 Å². The van der Waals surface area contributed by atoms with E-state index >= 15 is 0 Å². The van der Waals surface area contributed by atoms with Gasteiger partial charge in [-0.05, 0) is 69.2 Å². The number of aryl methyl sites for hydroxylation is 1. The summed E-state index contributed by atoms with van der Waals surface area (Å²) in [6.07, 6.45) is 13.7. The van der Waals surface area contributed by atoms with Crippen molar-refractivity contribution in [3.05, 3.63) is 41.5 Å². The first-order valence-electron chi connectivity index (χ1n) is 11.6. The van der Waals surface area contributed by atoms with Gasteiger partial charge in [0, 0.05) is 43.2 Å². The zero-order valence-corrected chi connectivity index (χ0v) is 17.6. The summed E-state index contributed by atoms with van der Waals surface area (Å²) in [6.45, 7) is 4.46. The van der Waals surface area contributed by atoms with Crippen molar-refractivity contribution in [1.29, 1.82) is 0 Å². The highest BCUT2D eigenvalue weighted by molar-refractivity contribution is 5.87. The van der Waals surface area contributed by atoms with Gasteiger partial charge in [-0.15, -0.1) is 0 Å². The molecule has 0 radical (unpaired) electrons. The van der Waals surface area contributed by atoms with Crippen LogP contribution in [0.15, 0.2) is 30.3 Å². The van der Waals surface area contributed by atoms with Gasteiger partial charge in [-0.1, -0.05) is 30.7 Å². The van der Waals surface area contributed by atoms with Gasteiger partial charge in [-0.2, -0.15) is 0 Å². The average molecular weight is 395 g/mol. The van der Waals surface area contributed by atoms with Crippen LogP contribution in [0.25, 0.3) is 6.08 Å². The van der Waals surface area contributed by atoms with E-state index in [1.807, 2.05) is 24.3 Å². The first-order valence-corrected chi connectivity index (χ1v) is 11.6. The van der Waals surface area contributed by atoms with Crippen molar-refractivity contribution < 1.29 is 9.53 Å². The third-order valence-corrected chi connectivity index (χ3v) is 7.83. The van der Waals surface area contributed by atoms with E-state index < -0.39 is 0 Å². The van der Waals surface area contributed by atoms with Crippen LogP contribution in [0.2, 0.25) is 0 Å². The third-order valence-electron chi connectivity index (χ3n) is 7.83. The summed E-state index contributed by atoms with van der Waals surface area (Å²) >= 11 is 0. The summed E-state index contributed by atoms with van der Waals surface area (Å²) in [6, 6.07) is 11.1. The molecule has 29 heavy (non-hydrogen) atoms. The monoisotopic (exact) mass is 394 g/mol. The van der Waals surface area contributed by atoms with E-state index in [-0.39, 0.29) is 12.1 Å². The summed E-state index contributed by atoms with van der Waals surface area (Å²) in [5.41, 5.74) is 2.25. The van der Waals surface area contributed by atoms with Crippen molar-refractivity contribution in [2.75, 3.05) is 13.1 Å². The molecule has 1 aromatic rings. The molecule has 4 fully saturated rings. The fourth-order valence-corrected chi connectivity index (χ4v) is 6.42. The van der Waals surface area contributed by atoms with Crippen LogP contribution in [0.5, 0.6) is 0 Å². The van der Waals surface area contributed by atoms with Crippen molar-refractivity contribution in [2.24, 2.45) is 0 Å². The molecule has 1 unspecified atom stereocenters. The largest absolute Gasteiger partial charge is 0.459 e. The lowest BCUT2D eigenvalue weighted by Crippen LogP contribution is -2.65. The summed E-state index contributed by atoms with van der Waals surface area (Å²) in [5, 5.41) is 0. The molecule has 0 saturated carbocycles. The second-order valence-electron chi connectivity index (χ2n) is 9.57. The minimum atomic E-state index is -0.196. The topological polar surface area (TPSA) is 32.8 Å². The van der Waals surface area contributed by atoms with Crippen LogP contribution in [0.4, 0.5) is 0 Å². The van der Waals surface area contributed by atoms with Crippen LogP contribution < -0.4 is 0 Å². The molecule has 0 aliphatic carbocycles.